The summed E-state index contributed by atoms with van der Waals surface area (Å²) in [6.45, 7) is 3.90. The lowest BCUT2D eigenvalue weighted by atomic mass is 9.99. The first-order valence-electron chi connectivity index (χ1n) is 9.33. The van der Waals surface area contributed by atoms with E-state index in [0.29, 0.717) is 30.7 Å². The van der Waals surface area contributed by atoms with Gasteiger partial charge in [-0.1, -0.05) is 42.8 Å². The molecule has 0 radical (unpaired) electrons. The second-order valence-corrected chi connectivity index (χ2v) is 7.35. The van der Waals surface area contributed by atoms with Gasteiger partial charge in [0.1, 0.15) is 5.78 Å². The Hall–Kier alpha value is -2.23. The number of aromatic nitrogens is 1. The van der Waals surface area contributed by atoms with E-state index in [1.54, 1.807) is 0 Å². The number of ketones is 1. The maximum absolute atomic E-state index is 12.2. The van der Waals surface area contributed by atoms with Crippen LogP contribution in [0.15, 0.2) is 48.5 Å². The highest BCUT2D eigenvalue weighted by Gasteiger charge is 2.11. The van der Waals surface area contributed by atoms with Crippen molar-refractivity contribution in [1.82, 2.24) is 4.98 Å². The molecule has 3 rings (SSSR count). The summed E-state index contributed by atoms with van der Waals surface area (Å²) < 4.78 is 0. The van der Waals surface area contributed by atoms with E-state index in [0.717, 1.165) is 33.3 Å². The molecule has 1 aromatic heterocycles. The molecule has 0 saturated heterocycles. The smallest absolute Gasteiger partial charge is 0.137 e. The Morgan fingerprint density at radius 3 is 2.67 bits per heavy atom. The zero-order valence-electron chi connectivity index (χ0n) is 15.7. The lowest BCUT2D eigenvalue weighted by Gasteiger charge is -2.11. The first-order chi connectivity index (χ1) is 13.0. The summed E-state index contributed by atoms with van der Waals surface area (Å²) in [5, 5.41) is 11.3. The Morgan fingerprint density at radius 2 is 1.93 bits per heavy atom. The number of aryl methyl sites for hydroxylation is 1. The predicted molar refractivity (Wildman–Crippen MR) is 111 cm³/mol. The number of halogens is 1. The van der Waals surface area contributed by atoms with Crippen LogP contribution in [0.5, 0.6) is 0 Å². The molecule has 3 aromatic rings. The number of fused-ring (bicyclic) bond motifs is 1. The largest absolute Gasteiger partial charge is 0.393 e. The van der Waals surface area contributed by atoms with E-state index in [4.69, 9.17) is 16.6 Å². The molecule has 1 N–H and O–H groups in total. The number of hydrogen-bond acceptors (Lipinski definition) is 3. The summed E-state index contributed by atoms with van der Waals surface area (Å²) in [7, 11) is 0. The molecule has 0 spiro atoms. The van der Waals surface area contributed by atoms with Crippen molar-refractivity contribution >= 4 is 28.3 Å². The predicted octanol–water partition coefficient (Wildman–Crippen LogP) is 5.53. The standard InChI is InChI=1S/C23H24ClNO2/c1-3-18(26)9-10-19(27)13-16-8-11-23-17(12-16)14-21(15(2)25-23)20-6-4-5-7-22(20)24/h4-8,11-12,14,18,26H,3,9-10,13H2,1-2H3. The van der Waals surface area contributed by atoms with Crippen LogP contribution >= 0.6 is 11.6 Å². The van der Waals surface area contributed by atoms with Gasteiger partial charge in [0.25, 0.3) is 0 Å². The van der Waals surface area contributed by atoms with Gasteiger partial charge in [0.15, 0.2) is 0 Å². The number of aliphatic hydroxyl groups is 1. The molecular formula is C23H24ClNO2. The zero-order chi connectivity index (χ0) is 19.4. The molecule has 27 heavy (non-hydrogen) atoms. The summed E-state index contributed by atoms with van der Waals surface area (Å²) >= 11 is 6.36. The molecule has 1 unspecified atom stereocenters. The Labute approximate surface area is 165 Å². The third-order valence-corrected chi connectivity index (χ3v) is 5.19. The van der Waals surface area contributed by atoms with Crippen molar-refractivity contribution in [3.05, 3.63) is 64.8 Å². The van der Waals surface area contributed by atoms with Crippen LogP contribution < -0.4 is 0 Å². The molecule has 0 fully saturated rings. The van der Waals surface area contributed by atoms with Crippen LogP contribution in [-0.2, 0) is 11.2 Å². The Balaban J connectivity index is 1.87. The molecular weight excluding hydrogens is 358 g/mol. The van der Waals surface area contributed by atoms with Gasteiger partial charge in [-0.05, 0) is 49.6 Å². The van der Waals surface area contributed by atoms with Gasteiger partial charge in [-0.15, -0.1) is 0 Å². The van der Waals surface area contributed by atoms with Crippen molar-refractivity contribution < 1.29 is 9.90 Å². The number of rotatable bonds is 7. The number of pyridine rings is 1. The average Bonchev–Trinajstić information content (AvgIpc) is 2.66. The number of aliphatic hydroxyl groups excluding tert-OH is 1. The maximum atomic E-state index is 12.2. The van der Waals surface area contributed by atoms with Crippen LogP contribution in [0.3, 0.4) is 0 Å². The van der Waals surface area contributed by atoms with Crippen LogP contribution in [-0.4, -0.2) is 22.0 Å². The minimum absolute atomic E-state index is 0.147. The first-order valence-corrected chi connectivity index (χ1v) is 9.70. The monoisotopic (exact) mass is 381 g/mol. The highest BCUT2D eigenvalue weighted by Crippen LogP contribution is 2.31. The third-order valence-electron chi connectivity index (χ3n) is 4.86. The fourth-order valence-electron chi connectivity index (χ4n) is 3.23. The van der Waals surface area contributed by atoms with E-state index in [1.165, 1.54) is 0 Å². The third kappa shape index (κ3) is 4.74. The number of carbonyl (C=O) groups is 1. The number of benzene rings is 2. The van der Waals surface area contributed by atoms with E-state index < -0.39 is 6.10 Å². The SMILES string of the molecule is CCC(O)CCC(=O)Cc1ccc2nc(C)c(-c3ccccc3Cl)cc2c1. The highest BCUT2D eigenvalue weighted by molar-refractivity contribution is 6.33. The van der Waals surface area contributed by atoms with Crippen molar-refractivity contribution in [3.63, 3.8) is 0 Å². The number of hydrogen-bond donors (Lipinski definition) is 1. The van der Waals surface area contributed by atoms with Crippen LogP contribution in [0.1, 0.15) is 37.4 Å². The fraction of sp³-hybridized carbons (Fsp3) is 0.304. The second-order valence-electron chi connectivity index (χ2n) is 6.94. The summed E-state index contributed by atoms with van der Waals surface area (Å²) in [5.41, 5.74) is 4.76. The van der Waals surface area contributed by atoms with Crippen LogP contribution in [0.25, 0.3) is 22.0 Å². The molecule has 0 aliphatic rings. The molecule has 0 bridgehead atoms. The Kier molecular flexibility index (Phi) is 6.25. The van der Waals surface area contributed by atoms with Crippen molar-refractivity contribution in [2.45, 2.75) is 45.6 Å². The molecule has 140 valence electrons. The fourth-order valence-corrected chi connectivity index (χ4v) is 3.47. The van der Waals surface area contributed by atoms with E-state index >= 15 is 0 Å². The van der Waals surface area contributed by atoms with Crippen molar-refractivity contribution in [3.8, 4) is 11.1 Å². The molecule has 1 heterocycles. The topological polar surface area (TPSA) is 50.2 Å². The minimum atomic E-state index is -0.393. The number of nitrogens with zero attached hydrogens (tertiary/aromatic N) is 1. The van der Waals surface area contributed by atoms with Crippen molar-refractivity contribution in [1.29, 1.82) is 0 Å². The normalized spacial score (nSPS) is 12.3. The maximum Gasteiger partial charge on any atom is 0.137 e. The Bertz CT molecular complexity index is 968. The molecule has 0 aliphatic heterocycles. The summed E-state index contributed by atoms with van der Waals surface area (Å²) in [4.78, 5) is 16.9. The van der Waals surface area contributed by atoms with E-state index in [1.807, 2.05) is 56.3 Å². The van der Waals surface area contributed by atoms with Crippen molar-refractivity contribution in [2.75, 3.05) is 0 Å². The van der Waals surface area contributed by atoms with Crippen LogP contribution in [0.2, 0.25) is 5.02 Å². The molecule has 3 nitrogen and oxygen atoms in total. The van der Waals surface area contributed by atoms with Gasteiger partial charge < -0.3 is 5.11 Å². The quantitative estimate of drug-likeness (QED) is 0.585. The lowest BCUT2D eigenvalue weighted by Crippen LogP contribution is -2.10. The minimum Gasteiger partial charge on any atom is -0.393 e. The molecule has 1 atom stereocenters. The van der Waals surface area contributed by atoms with Gasteiger partial charge in [0.2, 0.25) is 0 Å². The van der Waals surface area contributed by atoms with Gasteiger partial charge in [-0.2, -0.15) is 0 Å². The zero-order valence-corrected chi connectivity index (χ0v) is 16.5. The second kappa shape index (κ2) is 8.64. The average molecular weight is 382 g/mol. The molecule has 2 aromatic carbocycles. The molecule has 4 heteroatoms. The van der Waals surface area contributed by atoms with E-state index in [2.05, 4.69) is 6.07 Å². The first kappa shape index (κ1) is 19.5. The van der Waals surface area contributed by atoms with E-state index in [9.17, 15) is 9.90 Å². The molecule has 0 amide bonds. The lowest BCUT2D eigenvalue weighted by molar-refractivity contribution is -0.119. The van der Waals surface area contributed by atoms with Crippen LogP contribution in [0.4, 0.5) is 0 Å². The molecule has 0 aliphatic carbocycles. The summed E-state index contributed by atoms with van der Waals surface area (Å²) in [6.07, 6.45) is 1.60. The van der Waals surface area contributed by atoms with Crippen LogP contribution in [0, 0.1) is 6.92 Å². The summed E-state index contributed by atoms with van der Waals surface area (Å²) in [5.74, 6) is 0.147. The Morgan fingerprint density at radius 1 is 1.15 bits per heavy atom. The molecule has 0 saturated carbocycles. The van der Waals surface area contributed by atoms with Crippen molar-refractivity contribution in [2.24, 2.45) is 0 Å². The van der Waals surface area contributed by atoms with E-state index in [-0.39, 0.29) is 5.78 Å². The van der Waals surface area contributed by atoms with Gasteiger partial charge in [-0.3, -0.25) is 9.78 Å². The van der Waals surface area contributed by atoms with Gasteiger partial charge in [0.05, 0.1) is 11.6 Å². The summed E-state index contributed by atoms with van der Waals surface area (Å²) in [6, 6.07) is 15.8. The number of carbonyl (C=O) groups excluding carboxylic acids is 1. The van der Waals surface area contributed by atoms with Gasteiger partial charge in [0, 0.05) is 40.1 Å². The highest BCUT2D eigenvalue weighted by atomic mass is 35.5. The number of Topliss-reactive ketones (excluding diaryl/α,β-unsaturated/α-hetero) is 1. The van der Waals surface area contributed by atoms with Gasteiger partial charge in [-0.25, -0.2) is 0 Å². The van der Waals surface area contributed by atoms with Gasteiger partial charge >= 0.3 is 0 Å².